The van der Waals surface area contributed by atoms with Crippen molar-refractivity contribution in [3.05, 3.63) is 88.1 Å². The molecule has 194 valence electrons. The van der Waals surface area contributed by atoms with E-state index in [1.165, 1.54) is 29.0 Å². The maximum atomic E-state index is 14.9. The maximum absolute atomic E-state index is 14.9. The number of pyridine rings is 1. The number of halogens is 4. The Bertz CT molecular complexity index is 1330. The SMILES string of the molecule is O=C(Nc1ccc(Cl)cc1)C1CC(NCC(F)F)CC1C(=O)Nc1ccc(-n2ccccc2=O)cc1F. The van der Waals surface area contributed by atoms with Gasteiger partial charge in [0, 0.05) is 35.1 Å². The van der Waals surface area contributed by atoms with Gasteiger partial charge in [-0.25, -0.2) is 13.2 Å². The van der Waals surface area contributed by atoms with Crippen LogP contribution >= 0.6 is 11.6 Å². The number of anilines is 2. The van der Waals surface area contributed by atoms with Crippen molar-refractivity contribution in [3.63, 3.8) is 0 Å². The van der Waals surface area contributed by atoms with E-state index in [0.717, 1.165) is 6.07 Å². The van der Waals surface area contributed by atoms with E-state index in [1.807, 2.05) is 0 Å². The molecule has 3 atom stereocenters. The summed E-state index contributed by atoms with van der Waals surface area (Å²) in [5.41, 5.74) is 0.272. The molecule has 37 heavy (non-hydrogen) atoms. The molecule has 11 heteroatoms. The molecule has 3 unspecified atom stereocenters. The Balaban J connectivity index is 1.51. The normalized spacial score (nSPS) is 19.1. The van der Waals surface area contributed by atoms with E-state index < -0.39 is 48.5 Å². The zero-order valence-corrected chi connectivity index (χ0v) is 20.2. The summed E-state index contributed by atoms with van der Waals surface area (Å²) in [7, 11) is 0. The average molecular weight is 533 g/mol. The largest absolute Gasteiger partial charge is 0.326 e. The van der Waals surface area contributed by atoms with E-state index in [4.69, 9.17) is 11.6 Å². The highest BCUT2D eigenvalue weighted by Crippen LogP contribution is 2.35. The van der Waals surface area contributed by atoms with Crippen molar-refractivity contribution < 1.29 is 22.8 Å². The minimum Gasteiger partial charge on any atom is -0.326 e. The lowest BCUT2D eigenvalue weighted by molar-refractivity contribution is -0.128. The Hall–Kier alpha value is -3.63. The molecule has 1 fully saturated rings. The van der Waals surface area contributed by atoms with Gasteiger partial charge < -0.3 is 16.0 Å². The fourth-order valence-electron chi connectivity index (χ4n) is 4.43. The first-order valence-corrected chi connectivity index (χ1v) is 12.0. The highest BCUT2D eigenvalue weighted by molar-refractivity contribution is 6.30. The number of aromatic nitrogens is 1. The Morgan fingerprint density at radius 2 is 1.65 bits per heavy atom. The second-order valence-electron chi connectivity index (χ2n) is 8.74. The number of carbonyl (C=O) groups is 2. The molecule has 3 aromatic rings. The van der Waals surface area contributed by atoms with Crippen LogP contribution in [0.25, 0.3) is 5.69 Å². The standard InChI is InChI=1S/C26H24ClF3N4O3/c27-15-4-6-16(7-5-15)32-25(36)19-11-17(31-14-23(29)30)12-20(19)26(37)33-22-9-8-18(13-21(22)28)34-10-2-1-3-24(34)35/h1-10,13,17,19-20,23,31H,11-12,14H2,(H,32,36)(H,33,37). The lowest BCUT2D eigenvalue weighted by Gasteiger charge is -2.19. The number of carbonyl (C=O) groups excluding carboxylic acids is 2. The van der Waals surface area contributed by atoms with Gasteiger partial charge in [-0.05, 0) is 55.3 Å². The van der Waals surface area contributed by atoms with E-state index >= 15 is 0 Å². The monoisotopic (exact) mass is 532 g/mol. The van der Waals surface area contributed by atoms with Crippen LogP contribution in [0.4, 0.5) is 24.5 Å². The van der Waals surface area contributed by atoms with Crippen LogP contribution in [0.15, 0.2) is 71.7 Å². The Morgan fingerprint density at radius 3 is 2.27 bits per heavy atom. The first-order chi connectivity index (χ1) is 17.7. The fourth-order valence-corrected chi connectivity index (χ4v) is 4.56. The lowest BCUT2D eigenvalue weighted by atomic mass is 9.94. The fraction of sp³-hybridized carbons (Fsp3) is 0.269. The number of alkyl halides is 2. The van der Waals surface area contributed by atoms with Crippen LogP contribution in [0, 0.1) is 17.7 Å². The second kappa shape index (κ2) is 11.6. The summed E-state index contributed by atoms with van der Waals surface area (Å²) >= 11 is 5.88. The van der Waals surface area contributed by atoms with Crippen LogP contribution in [0.3, 0.4) is 0 Å². The summed E-state index contributed by atoms with van der Waals surface area (Å²) in [4.78, 5) is 38.2. The first-order valence-electron chi connectivity index (χ1n) is 11.6. The zero-order valence-electron chi connectivity index (χ0n) is 19.5. The van der Waals surface area contributed by atoms with Crippen LogP contribution in [0.5, 0.6) is 0 Å². The number of nitrogens with one attached hydrogen (secondary N) is 3. The highest BCUT2D eigenvalue weighted by Gasteiger charge is 2.43. The van der Waals surface area contributed by atoms with Crippen LogP contribution in [-0.4, -0.2) is 35.4 Å². The molecule has 2 amide bonds. The molecule has 0 saturated heterocycles. The summed E-state index contributed by atoms with van der Waals surface area (Å²) in [5, 5.41) is 8.42. The van der Waals surface area contributed by atoms with Crippen molar-refractivity contribution in [2.45, 2.75) is 25.3 Å². The van der Waals surface area contributed by atoms with Crippen molar-refractivity contribution in [3.8, 4) is 5.69 Å². The van der Waals surface area contributed by atoms with Crippen molar-refractivity contribution in [2.75, 3.05) is 17.2 Å². The van der Waals surface area contributed by atoms with E-state index in [-0.39, 0.29) is 29.8 Å². The number of hydrogen-bond acceptors (Lipinski definition) is 4. The van der Waals surface area contributed by atoms with Gasteiger partial charge in [-0.2, -0.15) is 0 Å². The number of nitrogens with zero attached hydrogens (tertiary/aromatic N) is 1. The molecular formula is C26H24ClF3N4O3. The van der Waals surface area contributed by atoms with Crippen LogP contribution in [0.1, 0.15) is 12.8 Å². The summed E-state index contributed by atoms with van der Waals surface area (Å²) in [6, 6.07) is 14.3. The quantitative estimate of drug-likeness (QED) is 0.399. The van der Waals surface area contributed by atoms with Gasteiger partial charge in [0.2, 0.25) is 11.8 Å². The smallest absolute Gasteiger partial charge is 0.255 e. The van der Waals surface area contributed by atoms with E-state index in [2.05, 4.69) is 16.0 Å². The molecule has 1 aliphatic carbocycles. The minimum absolute atomic E-state index is 0.121. The average Bonchev–Trinajstić information content (AvgIpc) is 3.30. The molecule has 1 heterocycles. The van der Waals surface area contributed by atoms with Crippen molar-refractivity contribution in [2.24, 2.45) is 11.8 Å². The van der Waals surface area contributed by atoms with E-state index in [9.17, 15) is 27.6 Å². The zero-order chi connectivity index (χ0) is 26.5. The molecule has 2 aromatic carbocycles. The Morgan fingerprint density at radius 1 is 0.973 bits per heavy atom. The Labute approximate surface area is 215 Å². The van der Waals surface area contributed by atoms with Crippen LogP contribution in [-0.2, 0) is 9.59 Å². The molecule has 4 rings (SSSR count). The number of benzene rings is 2. The van der Waals surface area contributed by atoms with Gasteiger partial charge in [0.1, 0.15) is 5.82 Å². The second-order valence-corrected chi connectivity index (χ2v) is 9.18. The van der Waals surface area contributed by atoms with Crippen LogP contribution in [0.2, 0.25) is 5.02 Å². The van der Waals surface area contributed by atoms with Gasteiger partial charge in [-0.1, -0.05) is 17.7 Å². The Kier molecular flexibility index (Phi) is 8.30. The third kappa shape index (κ3) is 6.58. The summed E-state index contributed by atoms with van der Waals surface area (Å²) < 4.78 is 41.6. The van der Waals surface area contributed by atoms with Gasteiger partial charge in [0.05, 0.1) is 29.8 Å². The van der Waals surface area contributed by atoms with Crippen molar-refractivity contribution in [1.29, 1.82) is 0 Å². The van der Waals surface area contributed by atoms with Crippen LogP contribution < -0.4 is 21.5 Å². The predicted molar refractivity (Wildman–Crippen MR) is 135 cm³/mol. The summed E-state index contributed by atoms with van der Waals surface area (Å²) in [5.74, 6) is -3.56. The van der Waals surface area contributed by atoms with Gasteiger partial charge in [0.15, 0.2) is 0 Å². The van der Waals surface area contributed by atoms with Crippen molar-refractivity contribution >= 4 is 34.8 Å². The lowest BCUT2D eigenvalue weighted by Crippen LogP contribution is -2.33. The maximum Gasteiger partial charge on any atom is 0.255 e. The summed E-state index contributed by atoms with van der Waals surface area (Å²) in [6.07, 6.45) is -0.817. The molecule has 3 N–H and O–H groups in total. The van der Waals surface area contributed by atoms with Crippen molar-refractivity contribution in [1.82, 2.24) is 9.88 Å². The molecule has 1 aromatic heterocycles. The van der Waals surface area contributed by atoms with E-state index in [0.29, 0.717) is 10.7 Å². The molecule has 1 aliphatic rings. The number of rotatable bonds is 8. The number of amides is 2. The topological polar surface area (TPSA) is 92.2 Å². The summed E-state index contributed by atoms with van der Waals surface area (Å²) in [6.45, 7) is -0.570. The molecule has 1 saturated carbocycles. The third-order valence-corrected chi connectivity index (χ3v) is 6.47. The molecule has 7 nitrogen and oxygen atoms in total. The third-order valence-electron chi connectivity index (χ3n) is 6.22. The molecule has 0 spiro atoms. The predicted octanol–water partition coefficient (Wildman–Crippen LogP) is 4.46. The molecular weight excluding hydrogens is 509 g/mol. The molecule has 0 aliphatic heterocycles. The minimum atomic E-state index is -2.58. The highest BCUT2D eigenvalue weighted by atomic mass is 35.5. The van der Waals surface area contributed by atoms with Gasteiger partial charge >= 0.3 is 0 Å². The van der Waals surface area contributed by atoms with E-state index in [1.54, 1.807) is 36.4 Å². The first kappa shape index (κ1) is 26.4. The van der Waals surface area contributed by atoms with Gasteiger partial charge in [-0.3, -0.25) is 19.0 Å². The number of hydrogen-bond donors (Lipinski definition) is 3. The van der Waals surface area contributed by atoms with Gasteiger partial charge in [-0.15, -0.1) is 0 Å². The van der Waals surface area contributed by atoms with Gasteiger partial charge in [0.25, 0.3) is 12.0 Å². The molecule has 0 radical (unpaired) electrons. The molecule has 0 bridgehead atoms.